The van der Waals surface area contributed by atoms with E-state index in [2.05, 4.69) is 4.98 Å². The second-order valence-corrected chi connectivity index (χ2v) is 4.02. The van der Waals surface area contributed by atoms with Gasteiger partial charge in [-0.25, -0.2) is 4.79 Å². The molecule has 0 atom stereocenters. The fourth-order valence-corrected chi connectivity index (χ4v) is 1.85. The van der Waals surface area contributed by atoms with Crippen molar-refractivity contribution in [2.24, 2.45) is 0 Å². The van der Waals surface area contributed by atoms with Crippen molar-refractivity contribution in [1.82, 2.24) is 4.98 Å². The van der Waals surface area contributed by atoms with Crippen molar-refractivity contribution in [3.63, 3.8) is 0 Å². The predicted molar refractivity (Wildman–Crippen MR) is 71.4 cm³/mol. The third-order valence-corrected chi connectivity index (χ3v) is 2.80. The van der Waals surface area contributed by atoms with Gasteiger partial charge >= 0.3 is 5.97 Å². The number of nitrogens with zero attached hydrogens (tertiary/aromatic N) is 1. The van der Waals surface area contributed by atoms with Crippen molar-refractivity contribution < 1.29 is 14.3 Å². The molecule has 4 heteroatoms. The molecule has 0 aliphatic carbocycles. The second kappa shape index (κ2) is 6.00. The molecule has 4 nitrogen and oxygen atoms in total. The lowest BCUT2D eigenvalue weighted by Crippen LogP contribution is -2.07. The highest BCUT2D eigenvalue weighted by molar-refractivity contribution is 5.90. The number of methoxy groups -OCH3 is 2. The van der Waals surface area contributed by atoms with Gasteiger partial charge in [0.1, 0.15) is 5.75 Å². The average molecular weight is 257 g/mol. The number of carbonyl (C=O) groups is 1. The first-order chi connectivity index (χ1) is 9.24. The molecule has 19 heavy (non-hydrogen) atoms. The van der Waals surface area contributed by atoms with Crippen LogP contribution in [0.3, 0.4) is 0 Å². The summed E-state index contributed by atoms with van der Waals surface area (Å²) in [6.07, 6.45) is 2.23. The van der Waals surface area contributed by atoms with Crippen molar-refractivity contribution in [3.05, 3.63) is 59.4 Å². The van der Waals surface area contributed by atoms with E-state index in [4.69, 9.17) is 9.47 Å². The molecular weight excluding hydrogens is 242 g/mol. The van der Waals surface area contributed by atoms with Gasteiger partial charge in [-0.05, 0) is 29.8 Å². The largest absolute Gasteiger partial charge is 0.497 e. The lowest BCUT2D eigenvalue weighted by molar-refractivity contribution is 0.0599. The highest BCUT2D eigenvalue weighted by Gasteiger charge is 2.12. The van der Waals surface area contributed by atoms with E-state index in [9.17, 15) is 4.79 Å². The zero-order valence-corrected chi connectivity index (χ0v) is 10.9. The summed E-state index contributed by atoms with van der Waals surface area (Å²) >= 11 is 0. The van der Waals surface area contributed by atoms with E-state index in [1.807, 2.05) is 24.3 Å². The molecule has 0 N–H and O–H groups in total. The first kappa shape index (κ1) is 13.1. The number of hydrogen-bond acceptors (Lipinski definition) is 4. The van der Waals surface area contributed by atoms with Crippen LogP contribution in [0.5, 0.6) is 5.75 Å². The summed E-state index contributed by atoms with van der Waals surface area (Å²) in [5.74, 6) is 0.416. The molecule has 98 valence electrons. The van der Waals surface area contributed by atoms with Crippen molar-refractivity contribution in [3.8, 4) is 5.75 Å². The minimum absolute atomic E-state index is 0.369. The Kier molecular flexibility index (Phi) is 4.13. The van der Waals surface area contributed by atoms with Gasteiger partial charge in [-0.3, -0.25) is 4.98 Å². The van der Waals surface area contributed by atoms with E-state index in [0.717, 1.165) is 11.3 Å². The number of benzene rings is 1. The number of rotatable bonds is 4. The van der Waals surface area contributed by atoms with Crippen LogP contribution in [0.4, 0.5) is 0 Å². The Morgan fingerprint density at radius 1 is 1.21 bits per heavy atom. The lowest BCUT2D eigenvalue weighted by Gasteiger charge is -2.07. The molecule has 2 aromatic rings. The monoisotopic (exact) mass is 257 g/mol. The molecule has 0 unspecified atom stereocenters. The van der Waals surface area contributed by atoms with Gasteiger partial charge < -0.3 is 9.47 Å². The maximum atomic E-state index is 11.7. The zero-order valence-electron chi connectivity index (χ0n) is 10.9. The second-order valence-electron chi connectivity index (χ2n) is 4.02. The van der Waals surface area contributed by atoms with Gasteiger partial charge in [-0.1, -0.05) is 12.1 Å². The number of hydrogen-bond donors (Lipinski definition) is 0. The molecular formula is C15H15NO3. The maximum Gasteiger partial charge on any atom is 0.339 e. The van der Waals surface area contributed by atoms with Gasteiger partial charge in [0.05, 0.1) is 25.5 Å². The average Bonchev–Trinajstić information content (AvgIpc) is 2.47. The molecule has 0 saturated heterocycles. The topological polar surface area (TPSA) is 48.4 Å². The third-order valence-electron chi connectivity index (χ3n) is 2.80. The Balaban J connectivity index is 2.30. The minimum Gasteiger partial charge on any atom is -0.497 e. The van der Waals surface area contributed by atoms with Crippen molar-refractivity contribution >= 4 is 5.97 Å². The summed E-state index contributed by atoms with van der Waals surface area (Å²) in [5, 5.41) is 0. The number of aromatic nitrogens is 1. The third kappa shape index (κ3) is 3.10. The number of carbonyl (C=O) groups excluding carboxylic acids is 1. The van der Waals surface area contributed by atoms with Crippen LogP contribution >= 0.6 is 0 Å². The number of esters is 1. The first-order valence-electron chi connectivity index (χ1n) is 5.89. The van der Waals surface area contributed by atoms with E-state index >= 15 is 0 Å². The van der Waals surface area contributed by atoms with Crippen LogP contribution in [0.1, 0.15) is 21.6 Å². The predicted octanol–water partition coefficient (Wildman–Crippen LogP) is 2.47. The highest BCUT2D eigenvalue weighted by atomic mass is 16.5. The minimum atomic E-state index is -0.369. The molecule has 0 fully saturated rings. The molecule has 0 radical (unpaired) electrons. The summed E-state index contributed by atoms with van der Waals surface area (Å²) in [6.45, 7) is 0. The highest BCUT2D eigenvalue weighted by Crippen LogP contribution is 2.17. The van der Waals surface area contributed by atoms with Gasteiger partial charge in [-0.15, -0.1) is 0 Å². The standard InChI is InChI=1S/C15H15NO3/c1-18-12-6-3-5-11(9-12)10-14-13(15(17)19-2)7-4-8-16-14/h3-9H,10H2,1-2H3. The lowest BCUT2D eigenvalue weighted by atomic mass is 10.0. The van der Waals surface area contributed by atoms with Crippen molar-refractivity contribution in [2.75, 3.05) is 14.2 Å². The Labute approximate surface area is 112 Å². The quantitative estimate of drug-likeness (QED) is 0.789. The van der Waals surface area contributed by atoms with Crippen LogP contribution in [-0.4, -0.2) is 25.2 Å². The number of ether oxygens (including phenoxy) is 2. The molecule has 1 heterocycles. The molecule has 0 bridgehead atoms. The molecule has 2 rings (SSSR count). The van der Waals surface area contributed by atoms with Gasteiger partial charge in [0.25, 0.3) is 0 Å². The Morgan fingerprint density at radius 3 is 2.79 bits per heavy atom. The van der Waals surface area contributed by atoms with Crippen LogP contribution in [0, 0.1) is 0 Å². The van der Waals surface area contributed by atoms with Crippen molar-refractivity contribution in [1.29, 1.82) is 0 Å². The van der Waals surface area contributed by atoms with E-state index in [-0.39, 0.29) is 5.97 Å². The summed E-state index contributed by atoms with van der Waals surface area (Å²) in [4.78, 5) is 15.9. The van der Waals surface area contributed by atoms with Gasteiger partial charge in [-0.2, -0.15) is 0 Å². The van der Waals surface area contributed by atoms with E-state index in [1.54, 1.807) is 25.4 Å². The fraction of sp³-hybridized carbons (Fsp3) is 0.200. The molecule has 0 aliphatic rings. The van der Waals surface area contributed by atoms with Gasteiger partial charge in [0.2, 0.25) is 0 Å². The van der Waals surface area contributed by atoms with Gasteiger partial charge in [0.15, 0.2) is 0 Å². The molecule has 0 spiro atoms. The van der Waals surface area contributed by atoms with Crippen LogP contribution in [0.15, 0.2) is 42.6 Å². The Bertz CT molecular complexity index is 581. The smallest absolute Gasteiger partial charge is 0.339 e. The molecule has 0 saturated carbocycles. The maximum absolute atomic E-state index is 11.7. The Morgan fingerprint density at radius 2 is 2.05 bits per heavy atom. The SMILES string of the molecule is COC(=O)c1cccnc1Cc1cccc(OC)c1. The van der Waals surface area contributed by atoms with Gasteiger partial charge in [0, 0.05) is 12.6 Å². The fourth-order valence-electron chi connectivity index (χ4n) is 1.85. The summed E-state index contributed by atoms with van der Waals surface area (Å²) < 4.78 is 9.94. The van der Waals surface area contributed by atoms with Crippen LogP contribution in [-0.2, 0) is 11.2 Å². The molecule has 1 aromatic heterocycles. The van der Waals surface area contributed by atoms with Crippen LogP contribution in [0.25, 0.3) is 0 Å². The summed E-state index contributed by atoms with van der Waals surface area (Å²) in [5.41, 5.74) is 2.22. The van der Waals surface area contributed by atoms with Crippen LogP contribution < -0.4 is 4.74 Å². The molecule has 1 aromatic carbocycles. The zero-order chi connectivity index (χ0) is 13.7. The summed E-state index contributed by atoms with van der Waals surface area (Å²) in [6, 6.07) is 11.1. The van der Waals surface area contributed by atoms with E-state index < -0.39 is 0 Å². The normalized spacial score (nSPS) is 10.0. The van der Waals surface area contributed by atoms with E-state index in [1.165, 1.54) is 7.11 Å². The molecule has 0 aliphatic heterocycles. The number of pyridine rings is 1. The Hall–Kier alpha value is -2.36. The van der Waals surface area contributed by atoms with E-state index in [0.29, 0.717) is 17.7 Å². The molecule has 0 amide bonds. The first-order valence-corrected chi connectivity index (χ1v) is 5.89. The van der Waals surface area contributed by atoms with Crippen molar-refractivity contribution in [2.45, 2.75) is 6.42 Å². The summed E-state index contributed by atoms with van der Waals surface area (Å²) in [7, 11) is 2.99. The van der Waals surface area contributed by atoms with Crippen LogP contribution in [0.2, 0.25) is 0 Å².